The summed E-state index contributed by atoms with van der Waals surface area (Å²) in [7, 11) is 0. The van der Waals surface area contributed by atoms with Crippen LogP contribution >= 0.6 is 0 Å². The standard InChI is InChI=1S/C13H17N5O/c1-9-7-10(2)18(17-9)12-4-3-11(8-15-12)16-13(19)5-6-14/h3-4,7-8H,5-6,14H2,1-2H3,(H,16,19). The number of carbonyl (C=O) groups is 1. The minimum atomic E-state index is -0.108. The average molecular weight is 259 g/mol. The van der Waals surface area contributed by atoms with Gasteiger partial charge in [0.2, 0.25) is 5.91 Å². The number of rotatable bonds is 4. The molecule has 2 aromatic rings. The third kappa shape index (κ3) is 3.17. The zero-order valence-corrected chi connectivity index (χ0v) is 11.1. The predicted molar refractivity (Wildman–Crippen MR) is 73.1 cm³/mol. The van der Waals surface area contributed by atoms with Crippen LogP contribution in [0, 0.1) is 13.8 Å². The molecule has 0 atom stereocenters. The van der Waals surface area contributed by atoms with Crippen molar-refractivity contribution in [2.24, 2.45) is 5.73 Å². The van der Waals surface area contributed by atoms with Crippen LogP contribution in [0.25, 0.3) is 5.82 Å². The van der Waals surface area contributed by atoms with Gasteiger partial charge in [0.25, 0.3) is 0 Å². The molecule has 19 heavy (non-hydrogen) atoms. The average Bonchev–Trinajstić information content (AvgIpc) is 2.70. The Morgan fingerprint density at radius 2 is 2.21 bits per heavy atom. The van der Waals surface area contributed by atoms with Crippen LogP contribution in [0.4, 0.5) is 5.69 Å². The molecule has 2 rings (SSSR count). The summed E-state index contributed by atoms with van der Waals surface area (Å²) < 4.78 is 1.76. The molecule has 0 bridgehead atoms. The fraction of sp³-hybridized carbons (Fsp3) is 0.308. The maximum Gasteiger partial charge on any atom is 0.225 e. The van der Waals surface area contributed by atoms with E-state index in [0.717, 1.165) is 17.2 Å². The Morgan fingerprint density at radius 3 is 2.74 bits per heavy atom. The fourth-order valence-corrected chi connectivity index (χ4v) is 1.80. The van der Waals surface area contributed by atoms with E-state index in [1.54, 1.807) is 16.9 Å². The molecule has 6 heteroatoms. The largest absolute Gasteiger partial charge is 0.330 e. The van der Waals surface area contributed by atoms with E-state index in [4.69, 9.17) is 5.73 Å². The molecule has 0 saturated carbocycles. The first-order valence-corrected chi connectivity index (χ1v) is 6.10. The molecular weight excluding hydrogens is 242 g/mol. The number of nitrogens with two attached hydrogens (primary N) is 1. The van der Waals surface area contributed by atoms with Gasteiger partial charge in [-0.2, -0.15) is 5.10 Å². The normalized spacial score (nSPS) is 10.5. The predicted octanol–water partition coefficient (Wildman–Crippen LogP) is 1.17. The topological polar surface area (TPSA) is 85.8 Å². The van der Waals surface area contributed by atoms with Crippen LogP contribution in [0.5, 0.6) is 0 Å². The van der Waals surface area contributed by atoms with E-state index in [2.05, 4.69) is 15.4 Å². The minimum absolute atomic E-state index is 0.108. The molecule has 0 fully saturated rings. The summed E-state index contributed by atoms with van der Waals surface area (Å²) in [4.78, 5) is 15.7. The van der Waals surface area contributed by atoms with E-state index in [1.165, 1.54) is 0 Å². The van der Waals surface area contributed by atoms with Gasteiger partial charge in [0.1, 0.15) is 0 Å². The Hall–Kier alpha value is -2.21. The van der Waals surface area contributed by atoms with Gasteiger partial charge in [-0.3, -0.25) is 4.79 Å². The van der Waals surface area contributed by atoms with Crippen molar-refractivity contribution in [2.45, 2.75) is 20.3 Å². The van der Waals surface area contributed by atoms with E-state index in [0.29, 0.717) is 18.7 Å². The molecule has 3 N–H and O–H groups in total. The van der Waals surface area contributed by atoms with Gasteiger partial charge in [-0.15, -0.1) is 0 Å². The van der Waals surface area contributed by atoms with Crippen LogP contribution in [0.2, 0.25) is 0 Å². The van der Waals surface area contributed by atoms with Crippen molar-refractivity contribution in [1.29, 1.82) is 0 Å². The summed E-state index contributed by atoms with van der Waals surface area (Å²) in [6.07, 6.45) is 1.92. The van der Waals surface area contributed by atoms with Gasteiger partial charge in [0.05, 0.1) is 17.6 Å². The lowest BCUT2D eigenvalue weighted by Crippen LogP contribution is -2.16. The van der Waals surface area contributed by atoms with E-state index in [-0.39, 0.29) is 5.91 Å². The Kier molecular flexibility index (Phi) is 3.91. The number of hydrogen-bond donors (Lipinski definition) is 2. The van der Waals surface area contributed by atoms with Gasteiger partial charge in [-0.1, -0.05) is 0 Å². The van der Waals surface area contributed by atoms with Gasteiger partial charge in [0, 0.05) is 18.7 Å². The Balaban J connectivity index is 2.14. The smallest absolute Gasteiger partial charge is 0.225 e. The van der Waals surface area contributed by atoms with Crippen LogP contribution in [0.15, 0.2) is 24.4 Å². The molecule has 2 heterocycles. The molecule has 0 aliphatic heterocycles. The highest BCUT2D eigenvalue weighted by Gasteiger charge is 2.06. The highest BCUT2D eigenvalue weighted by molar-refractivity contribution is 5.90. The first-order chi connectivity index (χ1) is 9.10. The van der Waals surface area contributed by atoms with Crippen LogP contribution in [-0.4, -0.2) is 27.2 Å². The van der Waals surface area contributed by atoms with Crippen molar-refractivity contribution < 1.29 is 4.79 Å². The maximum atomic E-state index is 11.4. The molecule has 0 spiro atoms. The van der Waals surface area contributed by atoms with Crippen molar-refractivity contribution in [3.05, 3.63) is 35.8 Å². The molecular formula is C13H17N5O. The molecule has 6 nitrogen and oxygen atoms in total. The SMILES string of the molecule is Cc1cc(C)n(-c2ccc(NC(=O)CCN)cn2)n1. The lowest BCUT2D eigenvalue weighted by atomic mass is 10.3. The van der Waals surface area contributed by atoms with Crippen LogP contribution in [-0.2, 0) is 4.79 Å². The molecule has 100 valence electrons. The number of nitrogens with one attached hydrogen (secondary N) is 1. The summed E-state index contributed by atoms with van der Waals surface area (Å²) >= 11 is 0. The van der Waals surface area contributed by atoms with Gasteiger partial charge >= 0.3 is 0 Å². The van der Waals surface area contributed by atoms with Gasteiger partial charge in [-0.25, -0.2) is 9.67 Å². The number of hydrogen-bond acceptors (Lipinski definition) is 4. The van der Waals surface area contributed by atoms with Gasteiger partial charge in [-0.05, 0) is 32.0 Å². The number of nitrogens with zero attached hydrogens (tertiary/aromatic N) is 3. The molecule has 2 aromatic heterocycles. The van der Waals surface area contributed by atoms with Crippen LogP contribution in [0.1, 0.15) is 17.8 Å². The zero-order chi connectivity index (χ0) is 13.8. The number of aromatic nitrogens is 3. The third-order valence-corrected chi connectivity index (χ3v) is 2.63. The second kappa shape index (κ2) is 5.62. The van der Waals surface area contributed by atoms with E-state index in [9.17, 15) is 4.79 Å². The van der Waals surface area contributed by atoms with Crippen LogP contribution in [0.3, 0.4) is 0 Å². The Morgan fingerprint density at radius 1 is 1.42 bits per heavy atom. The van der Waals surface area contributed by atoms with Crippen molar-refractivity contribution in [3.63, 3.8) is 0 Å². The molecule has 1 amide bonds. The first-order valence-electron chi connectivity index (χ1n) is 6.10. The molecule has 0 aliphatic rings. The quantitative estimate of drug-likeness (QED) is 0.863. The summed E-state index contributed by atoms with van der Waals surface area (Å²) in [5.41, 5.74) is 7.93. The zero-order valence-electron chi connectivity index (χ0n) is 11.1. The van der Waals surface area contributed by atoms with E-state index in [1.807, 2.05) is 26.0 Å². The van der Waals surface area contributed by atoms with Crippen LogP contribution < -0.4 is 11.1 Å². The molecule has 0 aliphatic carbocycles. The number of aryl methyl sites for hydroxylation is 2. The van der Waals surface area contributed by atoms with Crippen molar-refractivity contribution in [3.8, 4) is 5.82 Å². The maximum absolute atomic E-state index is 11.4. The van der Waals surface area contributed by atoms with E-state index >= 15 is 0 Å². The molecule has 0 radical (unpaired) electrons. The number of amides is 1. The lowest BCUT2D eigenvalue weighted by Gasteiger charge is -2.06. The van der Waals surface area contributed by atoms with Gasteiger partial charge in [0.15, 0.2) is 5.82 Å². The second-order valence-electron chi connectivity index (χ2n) is 4.33. The summed E-state index contributed by atoms with van der Waals surface area (Å²) in [6.45, 7) is 4.24. The molecule has 0 saturated heterocycles. The first kappa shape index (κ1) is 13.2. The Bertz CT molecular complexity index is 573. The summed E-state index contributed by atoms with van der Waals surface area (Å²) in [5.74, 6) is 0.616. The monoisotopic (exact) mass is 259 g/mol. The second-order valence-corrected chi connectivity index (χ2v) is 4.33. The Labute approximate surface area is 111 Å². The fourth-order valence-electron chi connectivity index (χ4n) is 1.80. The van der Waals surface area contributed by atoms with Crippen molar-refractivity contribution in [1.82, 2.24) is 14.8 Å². The summed E-state index contributed by atoms with van der Waals surface area (Å²) in [6, 6.07) is 5.60. The highest BCUT2D eigenvalue weighted by atomic mass is 16.1. The highest BCUT2D eigenvalue weighted by Crippen LogP contribution is 2.12. The van der Waals surface area contributed by atoms with Crippen molar-refractivity contribution >= 4 is 11.6 Å². The number of carbonyl (C=O) groups excluding carboxylic acids is 1. The van der Waals surface area contributed by atoms with E-state index < -0.39 is 0 Å². The summed E-state index contributed by atoms with van der Waals surface area (Å²) in [5, 5.41) is 7.08. The third-order valence-electron chi connectivity index (χ3n) is 2.63. The lowest BCUT2D eigenvalue weighted by molar-refractivity contribution is -0.116. The molecule has 0 aromatic carbocycles. The van der Waals surface area contributed by atoms with Crippen molar-refractivity contribution in [2.75, 3.05) is 11.9 Å². The van der Waals surface area contributed by atoms with Gasteiger partial charge < -0.3 is 11.1 Å². The molecule has 0 unspecified atom stereocenters. The number of anilines is 1. The minimum Gasteiger partial charge on any atom is -0.330 e. The number of pyridine rings is 1.